The lowest BCUT2D eigenvalue weighted by molar-refractivity contribution is -0.136. The normalized spacial score (nSPS) is 25.4. The highest BCUT2D eigenvalue weighted by Gasteiger charge is 2.61. The molecule has 1 heterocycles. The van der Waals surface area contributed by atoms with Crippen LogP contribution in [-0.4, -0.2) is 72.3 Å². The lowest BCUT2D eigenvalue weighted by atomic mass is 10.1. The monoisotopic (exact) mass is 349 g/mol. The van der Waals surface area contributed by atoms with Crippen LogP contribution in [0.3, 0.4) is 0 Å². The molecular weight excluding hydrogens is 314 g/mol. The van der Waals surface area contributed by atoms with E-state index >= 15 is 0 Å². The average molecular weight is 350 g/mol. The lowest BCUT2D eigenvalue weighted by Gasteiger charge is -2.35. The van der Waals surface area contributed by atoms with Crippen LogP contribution in [-0.2, 0) is 9.59 Å². The van der Waals surface area contributed by atoms with Gasteiger partial charge >= 0.3 is 0 Å². The van der Waals surface area contributed by atoms with Crippen molar-refractivity contribution in [3.05, 3.63) is 11.6 Å². The molecule has 2 aliphatic rings. The van der Waals surface area contributed by atoms with Crippen LogP contribution >= 0.6 is 0 Å². The second kappa shape index (κ2) is 7.90. The fourth-order valence-corrected chi connectivity index (χ4v) is 4.01. The number of carbonyl (C=O) groups excluding carboxylic acids is 2. The van der Waals surface area contributed by atoms with E-state index in [1.165, 1.54) is 5.57 Å². The van der Waals surface area contributed by atoms with Gasteiger partial charge in [-0.3, -0.25) is 14.5 Å². The molecule has 5 heteroatoms. The Bertz CT molecular complexity index is 525. The van der Waals surface area contributed by atoms with Gasteiger partial charge in [-0.2, -0.15) is 0 Å². The first-order valence-electron chi connectivity index (χ1n) is 9.66. The Hall–Kier alpha value is -1.36. The standard InChI is InChI=1S/C20H35N3O2/c1-7-22(8-2)17(24)14-21-9-11-23(12-10-21)19(25)18-16(13-15(3)4)20(18,5)6/h13,16,18H,7-12,14H2,1-6H3. The Labute approximate surface area is 153 Å². The number of hydrogen-bond donors (Lipinski definition) is 0. The number of allylic oxidation sites excluding steroid dienone is 2. The Morgan fingerprint density at radius 3 is 2.12 bits per heavy atom. The van der Waals surface area contributed by atoms with Crippen LogP contribution in [0.2, 0.25) is 0 Å². The molecule has 0 bridgehead atoms. The molecule has 0 aromatic rings. The van der Waals surface area contributed by atoms with E-state index in [0.29, 0.717) is 18.4 Å². The summed E-state index contributed by atoms with van der Waals surface area (Å²) in [6, 6.07) is 0. The largest absolute Gasteiger partial charge is 0.342 e. The Kier molecular flexibility index (Phi) is 6.30. The third kappa shape index (κ3) is 4.43. The molecular formula is C20H35N3O2. The number of carbonyl (C=O) groups is 2. The van der Waals surface area contributed by atoms with Crippen molar-refractivity contribution in [1.82, 2.24) is 14.7 Å². The molecule has 2 rings (SSSR count). The summed E-state index contributed by atoms with van der Waals surface area (Å²) in [5.74, 6) is 0.970. The van der Waals surface area contributed by atoms with Crippen LogP contribution < -0.4 is 0 Å². The number of hydrogen-bond acceptors (Lipinski definition) is 3. The van der Waals surface area contributed by atoms with Crippen LogP contribution in [0.4, 0.5) is 0 Å². The van der Waals surface area contributed by atoms with E-state index in [0.717, 1.165) is 39.3 Å². The maximum absolute atomic E-state index is 12.9. The van der Waals surface area contributed by atoms with Gasteiger partial charge in [-0.05, 0) is 39.0 Å². The zero-order chi connectivity index (χ0) is 18.8. The zero-order valence-electron chi connectivity index (χ0n) is 16.8. The SMILES string of the molecule is CCN(CC)C(=O)CN1CCN(C(=O)C2C(C=C(C)C)C2(C)C)CC1. The summed E-state index contributed by atoms with van der Waals surface area (Å²) in [7, 11) is 0. The molecule has 25 heavy (non-hydrogen) atoms. The average Bonchev–Trinajstić information content (AvgIpc) is 3.08. The molecule has 2 fully saturated rings. The summed E-state index contributed by atoms with van der Waals surface area (Å²) in [6.45, 7) is 17.7. The molecule has 0 N–H and O–H groups in total. The molecule has 0 spiro atoms. The van der Waals surface area contributed by atoms with Crippen molar-refractivity contribution >= 4 is 11.8 Å². The highest BCUT2D eigenvalue weighted by molar-refractivity contribution is 5.84. The summed E-state index contributed by atoms with van der Waals surface area (Å²) in [4.78, 5) is 31.2. The Morgan fingerprint density at radius 2 is 1.64 bits per heavy atom. The van der Waals surface area contributed by atoms with Crippen molar-refractivity contribution in [1.29, 1.82) is 0 Å². The number of rotatable bonds is 6. The molecule has 2 atom stereocenters. The quantitative estimate of drug-likeness (QED) is 0.691. The lowest BCUT2D eigenvalue weighted by Crippen LogP contribution is -2.52. The van der Waals surface area contributed by atoms with Gasteiger partial charge in [0.2, 0.25) is 11.8 Å². The summed E-state index contributed by atoms with van der Waals surface area (Å²) in [5.41, 5.74) is 1.36. The predicted octanol–water partition coefficient (Wildman–Crippen LogP) is 2.24. The van der Waals surface area contributed by atoms with Crippen LogP contribution in [0.1, 0.15) is 41.5 Å². The number of piperazine rings is 1. The summed E-state index contributed by atoms with van der Waals surface area (Å²) in [6.07, 6.45) is 2.25. The van der Waals surface area contributed by atoms with Gasteiger partial charge in [0.25, 0.3) is 0 Å². The van der Waals surface area contributed by atoms with Gasteiger partial charge in [0.15, 0.2) is 0 Å². The van der Waals surface area contributed by atoms with E-state index in [9.17, 15) is 9.59 Å². The summed E-state index contributed by atoms with van der Waals surface area (Å²) in [5, 5.41) is 0. The minimum atomic E-state index is 0.0736. The highest BCUT2D eigenvalue weighted by atomic mass is 16.2. The molecule has 5 nitrogen and oxygen atoms in total. The van der Waals surface area contributed by atoms with E-state index in [1.807, 2.05) is 23.6 Å². The number of nitrogens with zero attached hydrogens (tertiary/aromatic N) is 3. The second-order valence-corrected chi connectivity index (χ2v) is 8.24. The van der Waals surface area contributed by atoms with E-state index in [1.54, 1.807) is 0 Å². The third-order valence-corrected chi connectivity index (χ3v) is 5.85. The number of amides is 2. The van der Waals surface area contributed by atoms with Crippen molar-refractivity contribution < 1.29 is 9.59 Å². The van der Waals surface area contributed by atoms with Gasteiger partial charge in [-0.25, -0.2) is 0 Å². The van der Waals surface area contributed by atoms with Crippen molar-refractivity contribution in [2.75, 3.05) is 45.8 Å². The summed E-state index contributed by atoms with van der Waals surface area (Å²) < 4.78 is 0. The fraction of sp³-hybridized carbons (Fsp3) is 0.800. The van der Waals surface area contributed by atoms with Crippen molar-refractivity contribution in [2.24, 2.45) is 17.3 Å². The van der Waals surface area contributed by atoms with E-state index in [2.05, 4.69) is 38.7 Å². The Morgan fingerprint density at radius 1 is 1.08 bits per heavy atom. The van der Waals surface area contributed by atoms with Crippen LogP contribution in [0.5, 0.6) is 0 Å². The van der Waals surface area contributed by atoms with Gasteiger partial charge < -0.3 is 9.80 Å². The minimum absolute atomic E-state index is 0.0736. The first kappa shape index (κ1) is 20.0. The maximum atomic E-state index is 12.9. The third-order valence-electron chi connectivity index (χ3n) is 5.85. The van der Waals surface area contributed by atoms with Crippen molar-refractivity contribution in [3.8, 4) is 0 Å². The highest BCUT2D eigenvalue weighted by Crippen LogP contribution is 2.60. The minimum Gasteiger partial charge on any atom is -0.342 e. The van der Waals surface area contributed by atoms with Crippen molar-refractivity contribution in [2.45, 2.75) is 41.5 Å². The van der Waals surface area contributed by atoms with E-state index in [-0.39, 0.29) is 17.2 Å². The number of likely N-dealkylation sites (N-methyl/N-ethyl adjacent to an activating group) is 1. The van der Waals surface area contributed by atoms with Gasteiger partial charge in [0.1, 0.15) is 0 Å². The Balaban J connectivity index is 1.85. The van der Waals surface area contributed by atoms with Gasteiger partial charge in [-0.15, -0.1) is 0 Å². The summed E-state index contributed by atoms with van der Waals surface area (Å²) >= 11 is 0. The smallest absolute Gasteiger partial charge is 0.236 e. The molecule has 0 radical (unpaired) electrons. The molecule has 2 unspecified atom stereocenters. The first-order chi connectivity index (χ1) is 11.7. The molecule has 1 aliphatic carbocycles. The van der Waals surface area contributed by atoms with Crippen LogP contribution in [0, 0.1) is 17.3 Å². The van der Waals surface area contributed by atoms with E-state index in [4.69, 9.17) is 0 Å². The van der Waals surface area contributed by atoms with Crippen molar-refractivity contribution in [3.63, 3.8) is 0 Å². The van der Waals surface area contributed by atoms with Crippen LogP contribution in [0.15, 0.2) is 11.6 Å². The zero-order valence-corrected chi connectivity index (χ0v) is 16.8. The van der Waals surface area contributed by atoms with Gasteiger partial charge in [-0.1, -0.05) is 25.5 Å². The van der Waals surface area contributed by atoms with E-state index < -0.39 is 0 Å². The molecule has 2 amide bonds. The maximum Gasteiger partial charge on any atom is 0.236 e. The molecule has 1 saturated heterocycles. The molecule has 1 aliphatic heterocycles. The molecule has 1 saturated carbocycles. The topological polar surface area (TPSA) is 43.9 Å². The second-order valence-electron chi connectivity index (χ2n) is 8.24. The molecule has 0 aromatic heterocycles. The van der Waals surface area contributed by atoms with Crippen LogP contribution in [0.25, 0.3) is 0 Å². The molecule has 142 valence electrons. The predicted molar refractivity (Wildman–Crippen MR) is 101 cm³/mol. The van der Waals surface area contributed by atoms with Gasteiger partial charge in [0.05, 0.1) is 12.5 Å². The van der Waals surface area contributed by atoms with Gasteiger partial charge in [0, 0.05) is 39.3 Å². The first-order valence-corrected chi connectivity index (χ1v) is 9.66. The fourth-order valence-electron chi connectivity index (χ4n) is 4.01. The molecule has 0 aromatic carbocycles.